The summed E-state index contributed by atoms with van der Waals surface area (Å²) in [5.41, 5.74) is -2.06. The number of hydrogen-bond acceptors (Lipinski definition) is 9. The molecule has 0 N–H and O–H groups in total. The number of nitriles is 1. The zero-order chi connectivity index (χ0) is 19.1. The molecule has 0 unspecified atom stereocenters. The predicted molar refractivity (Wildman–Crippen MR) is 82.5 cm³/mol. The molecule has 0 saturated carbocycles. The fourth-order valence-electron chi connectivity index (χ4n) is 2.25. The second-order valence-corrected chi connectivity index (χ2v) is 4.60. The van der Waals surface area contributed by atoms with Crippen molar-refractivity contribution in [1.82, 2.24) is 0 Å². The minimum atomic E-state index is -1.47. The number of carbonyl (C=O) groups is 1. The van der Waals surface area contributed by atoms with Crippen LogP contribution in [0, 0.1) is 31.6 Å². The van der Waals surface area contributed by atoms with Crippen LogP contribution in [0.25, 0.3) is 0 Å². The van der Waals surface area contributed by atoms with E-state index in [1.165, 1.54) is 0 Å². The summed E-state index contributed by atoms with van der Waals surface area (Å²) in [4.78, 5) is 32.7. The Morgan fingerprint density at radius 3 is 2.32 bits per heavy atom. The second kappa shape index (κ2) is 8.44. The van der Waals surface area contributed by atoms with Gasteiger partial charge in [0, 0.05) is 0 Å². The van der Waals surface area contributed by atoms with Crippen LogP contribution in [0.5, 0.6) is 11.5 Å². The van der Waals surface area contributed by atoms with E-state index in [1.807, 2.05) is 0 Å². The number of nitro benzene ring substituents is 2. The van der Waals surface area contributed by atoms with Gasteiger partial charge in [-0.05, 0) is 6.92 Å². The van der Waals surface area contributed by atoms with Crippen LogP contribution < -0.4 is 9.47 Å². The zero-order valence-electron chi connectivity index (χ0n) is 13.7. The number of rotatable bonds is 8. The summed E-state index contributed by atoms with van der Waals surface area (Å²) in [7, 11) is 2.28. The molecule has 0 spiro atoms. The smallest absolute Gasteiger partial charge is 0.326 e. The third-order valence-electron chi connectivity index (χ3n) is 3.22. The lowest BCUT2D eigenvalue weighted by molar-refractivity contribution is -0.396. The third kappa shape index (κ3) is 4.11. The Hall–Kier alpha value is -3.42. The average molecular weight is 353 g/mol. The molecule has 11 heteroatoms. The van der Waals surface area contributed by atoms with Crippen molar-refractivity contribution < 1.29 is 28.9 Å². The molecule has 1 atom stereocenters. The SMILES string of the molecule is CCOC(=O)C[C@H](C#N)c1c([N+](=O)[O-])cc(OC)c(OC)c1[N+](=O)[O-]. The summed E-state index contributed by atoms with van der Waals surface area (Å²) in [5, 5.41) is 32.2. The monoisotopic (exact) mass is 353 g/mol. The molecule has 0 radical (unpaired) electrons. The lowest BCUT2D eigenvalue weighted by atomic mass is 9.93. The van der Waals surface area contributed by atoms with E-state index in [-0.39, 0.29) is 18.1 Å². The van der Waals surface area contributed by atoms with Crippen molar-refractivity contribution in [2.75, 3.05) is 20.8 Å². The van der Waals surface area contributed by atoms with E-state index in [2.05, 4.69) is 0 Å². The summed E-state index contributed by atoms with van der Waals surface area (Å²) < 4.78 is 14.5. The average Bonchev–Trinajstić information content (AvgIpc) is 2.57. The number of nitrogens with zero attached hydrogens (tertiary/aromatic N) is 3. The third-order valence-corrected chi connectivity index (χ3v) is 3.22. The lowest BCUT2D eigenvalue weighted by Gasteiger charge is -2.14. The largest absolute Gasteiger partial charge is 0.492 e. The Kier molecular flexibility index (Phi) is 6.62. The molecule has 1 aromatic rings. The van der Waals surface area contributed by atoms with Crippen LogP contribution in [0.1, 0.15) is 24.8 Å². The lowest BCUT2D eigenvalue weighted by Crippen LogP contribution is -2.13. The van der Waals surface area contributed by atoms with E-state index >= 15 is 0 Å². The summed E-state index contributed by atoms with van der Waals surface area (Å²) in [6.45, 7) is 1.58. The molecule has 0 aliphatic carbocycles. The van der Waals surface area contributed by atoms with Gasteiger partial charge in [-0.2, -0.15) is 5.26 Å². The van der Waals surface area contributed by atoms with Gasteiger partial charge in [-0.15, -0.1) is 0 Å². The minimum absolute atomic E-state index is 0.0348. The van der Waals surface area contributed by atoms with E-state index < -0.39 is 45.1 Å². The van der Waals surface area contributed by atoms with Crippen LogP contribution in [0.3, 0.4) is 0 Å². The number of ether oxygens (including phenoxy) is 3. The van der Waals surface area contributed by atoms with Gasteiger partial charge in [0.25, 0.3) is 5.69 Å². The molecule has 0 heterocycles. The molecule has 0 bridgehead atoms. The fraction of sp³-hybridized carbons (Fsp3) is 0.429. The van der Waals surface area contributed by atoms with Gasteiger partial charge < -0.3 is 14.2 Å². The maximum absolute atomic E-state index is 11.7. The number of nitro groups is 2. The molecule has 0 saturated heterocycles. The molecule has 1 aromatic carbocycles. The van der Waals surface area contributed by atoms with E-state index in [4.69, 9.17) is 14.2 Å². The number of benzene rings is 1. The first-order chi connectivity index (χ1) is 11.8. The summed E-state index contributed by atoms with van der Waals surface area (Å²) >= 11 is 0. The highest BCUT2D eigenvalue weighted by molar-refractivity contribution is 5.75. The first-order valence-corrected chi connectivity index (χ1v) is 6.95. The van der Waals surface area contributed by atoms with Crippen molar-refractivity contribution in [2.45, 2.75) is 19.3 Å². The molecule has 0 aliphatic heterocycles. The summed E-state index contributed by atoms with van der Waals surface area (Å²) in [6, 6.07) is 2.59. The minimum Gasteiger partial charge on any atom is -0.492 e. The molecular formula is C14H15N3O8. The fourth-order valence-corrected chi connectivity index (χ4v) is 2.25. The van der Waals surface area contributed by atoms with Crippen LogP contribution in [0.15, 0.2) is 6.07 Å². The normalized spacial score (nSPS) is 11.1. The molecule has 1 rings (SSSR count). The van der Waals surface area contributed by atoms with Gasteiger partial charge in [-0.3, -0.25) is 25.0 Å². The maximum atomic E-state index is 11.7. The summed E-state index contributed by atoms with van der Waals surface area (Å²) in [5.74, 6) is -2.90. The number of carbonyl (C=O) groups excluding carboxylic acids is 1. The van der Waals surface area contributed by atoms with Crippen molar-refractivity contribution in [3.63, 3.8) is 0 Å². The molecule has 0 amide bonds. The molecule has 0 aromatic heterocycles. The number of hydrogen-bond donors (Lipinski definition) is 0. The topological polar surface area (TPSA) is 155 Å². The van der Waals surface area contributed by atoms with Crippen molar-refractivity contribution in [3.8, 4) is 17.6 Å². The van der Waals surface area contributed by atoms with Gasteiger partial charge in [0.15, 0.2) is 5.75 Å². The maximum Gasteiger partial charge on any atom is 0.326 e. The van der Waals surface area contributed by atoms with Crippen LogP contribution >= 0.6 is 0 Å². The highest BCUT2D eigenvalue weighted by Crippen LogP contribution is 2.48. The van der Waals surface area contributed by atoms with Crippen molar-refractivity contribution >= 4 is 17.3 Å². The van der Waals surface area contributed by atoms with E-state index in [0.29, 0.717) is 0 Å². The van der Waals surface area contributed by atoms with Gasteiger partial charge in [0.2, 0.25) is 5.75 Å². The van der Waals surface area contributed by atoms with Crippen LogP contribution in [-0.4, -0.2) is 36.6 Å². The van der Waals surface area contributed by atoms with Gasteiger partial charge in [0.05, 0.1) is 55.1 Å². The molecule has 25 heavy (non-hydrogen) atoms. The Balaban J connectivity index is 3.74. The van der Waals surface area contributed by atoms with Gasteiger partial charge in [-0.25, -0.2) is 0 Å². The quantitative estimate of drug-likeness (QED) is 0.388. The van der Waals surface area contributed by atoms with Gasteiger partial charge >= 0.3 is 11.7 Å². The molecule has 0 fully saturated rings. The van der Waals surface area contributed by atoms with Crippen molar-refractivity contribution in [2.24, 2.45) is 0 Å². The molecular weight excluding hydrogens is 338 g/mol. The van der Waals surface area contributed by atoms with E-state index in [9.17, 15) is 30.3 Å². The number of esters is 1. The first-order valence-electron chi connectivity index (χ1n) is 6.95. The highest BCUT2D eigenvalue weighted by atomic mass is 16.6. The Morgan fingerprint density at radius 2 is 1.92 bits per heavy atom. The molecule has 0 aliphatic rings. The standard InChI is InChI=1S/C14H15N3O8/c1-4-25-11(18)5-8(7-15)12-9(16(19)20)6-10(23-2)14(24-3)13(12)17(21)22/h6,8H,4-5H2,1-3H3/t8-/m1/s1. The van der Waals surface area contributed by atoms with Crippen LogP contribution in [-0.2, 0) is 9.53 Å². The van der Waals surface area contributed by atoms with Gasteiger partial charge in [-0.1, -0.05) is 0 Å². The van der Waals surface area contributed by atoms with E-state index in [0.717, 1.165) is 20.3 Å². The second-order valence-electron chi connectivity index (χ2n) is 4.60. The first kappa shape index (κ1) is 19.6. The Bertz CT molecular complexity index is 741. The van der Waals surface area contributed by atoms with Crippen molar-refractivity contribution in [3.05, 3.63) is 31.9 Å². The Morgan fingerprint density at radius 1 is 1.28 bits per heavy atom. The molecule has 11 nitrogen and oxygen atoms in total. The predicted octanol–water partition coefficient (Wildman–Crippen LogP) is 2.08. The zero-order valence-corrected chi connectivity index (χ0v) is 13.7. The van der Waals surface area contributed by atoms with E-state index in [1.54, 1.807) is 13.0 Å². The Labute approximate surface area is 142 Å². The van der Waals surface area contributed by atoms with Crippen LogP contribution in [0.2, 0.25) is 0 Å². The van der Waals surface area contributed by atoms with Crippen LogP contribution in [0.4, 0.5) is 11.4 Å². The molecule has 134 valence electrons. The van der Waals surface area contributed by atoms with Crippen molar-refractivity contribution in [1.29, 1.82) is 5.26 Å². The van der Waals surface area contributed by atoms with Gasteiger partial charge in [0.1, 0.15) is 5.56 Å². The summed E-state index contributed by atoms with van der Waals surface area (Å²) in [6.07, 6.45) is -0.582. The number of methoxy groups -OCH3 is 2. The highest BCUT2D eigenvalue weighted by Gasteiger charge is 2.39.